The van der Waals surface area contributed by atoms with Crippen molar-refractivity contribution in [1.29, 1.82) is 0 Å². The van der Waals surface area contributed by atoms with Crippen molar-refractivity contribution in [2.45, 2.75) is 56.1 Å². The molecule has 2 aliphatic rings. The molecular formula is C21H29NO6. The minimum Gasteiger partial charge on any atom is -0.493 e. The van der Waals surface area contributed by atoms with E-state index in [2.05, 4.69) is 24.1 Å². The minimum absolute atomic E-state index is 0.00171. The van der Waals surface area contributed by atoms with Crippen LogP contribution >= 0.6 is 0 Å². The Labute approximate surface area is 165 Å². The first-order chi connectivity index (χ1) is 13.4. The summed E-state index contributed by atoms with van der Waals surface area (Å²) in [6.45, 7) is 0.985. The third-order valence-corrected chi connectivity index (χ3v) is 6.28. The zero-order chi connectivity index (χ0) is 20.3. The number of carboxylic acids is 1. The molecule has 3 atom stereocenters. The maximum absolute atomic E-state index is 12.0. The Morgan fingerprint density at radius 3 is 2.61 bits per heavy atom. The Balaban J connectivity index is 1.76. The summed E-state index contributed by atoms with van der Waals surface area (Å²) in [6, 6.07) is 6.41. The van der Waals surface area contributed by atoms with Crippen LogP contribution in [-0.4, -0.2) is 61.9 Å². The highest BCUT2D eigenvalue weighted by molar-refractivity contribution is 5.76. The summed E-state index contributed by atoms with van der Waals surface area (Å²) in [7, 11) is 5.39. The summed E-state index contributed by atoms with van der Waals surface area (Å²) >= 11 is 0. The number of carbonyl (C=O) groups excluding carboxylic acids is 1. The molecule has 1 saturated heterocycles. The second-order valence-corrected chi connectivity index (χ2v) is 7.75. The number of nitrogens with zero attached hydrogens (tertiary/aromatic N) is 1. The Bertz CT molecular complexity index is 736. The molecule has 3 rings (SSSR count). The summed E-state index contributed by atoms with van der Waals surface area (Å²) in [5.41, 5.74) is 1.23. The molecule has 7 nitrogen and oxygen atoms in total. The molecule has 0 radical (unpaired) electrons. The molecule has 2 fully saturated rings. The third-order valence-electron chi connectivity index (χ3n) is 6.28. The number of esters is 1. The summed E-state index contributed by atoms with van der Waals surface area (Å²) < 4.78 is 16.5. The van der Waals surface area contributed by atoms with Gasteiger partial charge in [0.15, 0.2) is 11.5 Å². The molecule has 1 saturated carbocycles. The predicted molar refractivity (Wildman–Crippen MR) is 103 cm³/mol. The summed E-state index contributed by atoms with van der Waals surface area (Å²) in [5, 5.41) is 8.73. The lowest BCUT2D eigenvalue weighted by Crippen LogP contribution is -2.48. The van der Waals surface area contributed by atoms with Crippen LogP contribution in [0, 0.1) is 0 Å². The van der Waals surface area contributed by atoms with Crippen LogP contribution in [-0.2, 0) is 19.7 Å². The van der Waals surface area contributed by atoms with Crippen LogP contribution in [0.5, 0.6) is 11.5 Å². The maximum atomic E-state index is 12.0. The molecule has 1 aliphatic heterocycles. The lowest BCUT2D eigenvalue weighted by molar-refractivity contribution is -0.154. The van der Waals surface area contributed by atoms with Crippen LogP contribution in [0.2, 0.25) is 0 Å². The molecule has 1 heterocycles. The molecule has 0 aromatic heterocycles. The van der Waals surface area contributed by atoms with Crippen molar-refractivity contribution in [2.75, 3.05) is 27.8 Å². The van der Waals surface area contributed by atoms with E-state index in [4.69, 9.17) is 19.3 Å². The smallest absolute Gasteiger partial charge is 0.306 e. The van der Waals surface area contributed by atoms with E-state index in [1.807, 2.05) is 6.07 Å². The molecular weight excluding hydrogens is 362 g/mol. The second kappa shape index (κ2) is 8.39. The van der Waals surface area contributed by atoms with Crippen molar-refractivity contribution >= 4 is 11.9 Å². The topological polar surface area (TPSA) is 85.3 Å². The van der Waals surface area contributed by atoms with Gasteiger partial charge in [-0.1, -0.05) is 6.07 Å². The van der Waals surface area contributed by atoms with Crippen molar-refractivity contribution in [1.82, 2.24) is 4.90 Å². The van der Waals surface area contributed by atoms with Crippen molar-refractivity contribution < 1.29 is 28.9 Å². The Morgan fingerprint density at radius 2 is 1.93 bits per heavy atom. The van der Waals surface area contributed by atoms with E-state index in [9.17, 15) is 9.59 Å². The molecule has 0 unspecified atom stereocenters. The quantitative estimate of drug-likeness (QED) is 0.715. The molecule has 1 N–H and O–H groups in total. The van der Waals surface area contributed by atoms with Crippen LogP contribution < -0.4 is 9.47 Å². The van der Waals surface area contributed by atoms with Crippen LogP contribution in [0.1, 0.15) is 44.1 Å². The molecule has 154 valence electrons. The van der Waals surface area contributed by atoms with Gasteiger partial charge in [0.25, 0.3) is 0 Å². The van der Waals surface area contributed by atoms with Crippen LogP contribution in [0.4, 0.5) is 0 Å². The molecule has 1 aliphatic carbocycles. The van der Waals surface area contributed by atoms with Gasteiger partial charge in [-0.3, -0.25) is 9.59 Å². The standard InChI is InChI=1S/C21H29NO6/c1-22-11-10-21(14-4-5-16(26-2)17(12-14)27-3)9-8-15(13-18(21)22)28-20(25)7-6-19(23)24/h4-5,12,15,18H,6-11,13H2,1-3H3,(H,23,24)/t15-,18+,21+/m1/s1. The maximum Gasteiger partial charge on any atom is 0.306 e. The van der Waals surface area contributed by atoms with E-state index in [1.165, 1.54) is 5.56 Å². The van der Waals surface area contributed by atoms with Gasteiger partial charge in [-0.25, -0.2) is 0 Å². The fourth-order valence-electron chi connectivity index (χ4n) is 4.79. The Hall–Kier alpha value is -2.28. The average Bonchev–Trinajstić information content (AvgIpc) is 3.03. The average molecular weight is 391 g/mol. The van der Waals surface area contributed by atoms with Gasteiger partial charge in [-0.2, -0.15) is 0 Å². The fourth-order valence-corrected chi connectivity index (χ4v) is 4.79. The Kier molecular flexibility index (Phi) is 6.13. The molecule has 0 spiro atoms. The molecule has 0 amide bonds. The number of fused-ring (bicyclic) bond motifs is 1. The SMILES string of the molecule is COc1ccc([C@@]23CC[C@@H](OC(=O)CCC(=O)O)C[C@@H]2N(C)CC3)cc1OC. The number of likely N-dealkylation sites (N-methyl/N-ethyl adjacent to an activating group) is 1. The van der Waals surface area contributed by atoms with Gasteiger partial charge in [0.2, 0.25) is 0 Å². The number of rotatable bonds is 7. The molecule has 7 heteroatoms. The van der Waals surface area contributed by atoms with E-state index in [1.54, 1.807) is 14.2 Å². The first-order valence-electron chi connectivity index (χ1n) is 9.73. The molecule has 1 aromatic carbocycles. The van der Waals surface area contributed by atoms with E-state index < -0.39 is 11.9 Å². The van der Waals surface area contributed by atoms with Gasteiger partial charge >= 0.3 is 11.9 Å². The fraction of sp³-hybridized carbons (Fsp3) is 0.619. The number of hydrogen-bond acceptors (Lipinski definition) is 6. The molecule has 28 heavy (non-hydrogen) atoms. The zero-order valence-electron chi connectivity index (χ0n) is 16.8. The zero-order valence-corrected chi connectivity index (χ0v) is 16.8. The van der Waals surface area contributed by atoms with Crippen LogP contribution in [0.3, 0.4) is 0 Å². The summed E-state index contributed by atoms with van der Waals surface area (Å²) in [6.07, 6.45) is 3.05. The lowest BCUT2D eigenvalue weighted by atomic mass is 9.65. The second-order valence-electron chi connectivity index (χ2n) is 7.75. The third kappa shape index (κ3) is 3.94. The van der Waals surface area contributed by atoms with Crippen LogP contribution in [0.15, 0.2) is 18.2 Å². The number of likely N-dealkylation sites (tertiary alicyclic amines) is 1. The van der Waals surface area contributed by atoms with Crippen molar-refractivity contribution in [3.05, 3.63) is 23.8 Å². The largest absolute Gasteiger partial charge is 0.493 e. The Morgan fingerprint density at radius 1 is 1.18 bits per heavy atom. The van der Waals surface area contributed by atoms with Gasteiger partial charge in [0, 0.05) is 17.9 Å². The van der Waals surface area contributed by atoms with E-state index in [0.29, 0.717) is 5.75 Å². The highest BCUT2D eigenvalue weighted by Gasteiger charge is 2.51. The van der Waals surface area contributed by atoms with Crippen molar-refractivity contribution in [3.8, 4) is 11.5 Å². The number of carboxylic acid groups (broad SMARTS) is 1. The number of carbonyl (C=O) groups is 2. The van der Waals surface area contributed by atoms with Gasteiger partial charge in [-0.15, -0.1) is 0 Å². The van der Waals surface area contributed by atoms with Gasteiger partial charge in [-0.05, 0) is 50.6 Å². The molecule has 1 aromatic rings. The minimum atomic E-state index is -0.983. The van der Waals surface area contributed by atoms with Gasteiger partial charge < -0.3 is 24.2 Å². The number of ether oxygens (including phenoxy) is 3. The van der Waals surface area contributed by atoms with Crippen molar-refractivity contribution in [2.24, 2.45) is 0 Å². The lowest BCUT2D eigenvalue weighted by Gasteiger charge is -2.44. The van der Waals surface area contributed by atoms with E-state index in [-0.39, 0.29) is 30.4 Å². The highest BCUT2D eigenvalue weighted by Crippen LogP contribution is 2.50. The number of aliphatic carboxylic acids is 1. The number of benzene rings is 1. The van der Waals surface area contributed by atoms with Crippen molar-refractivity contribution in [3.63, 3.8) is 0 Å². The van der Waals surface area contributed by atoms with E-state index >= 15 is 0 Å². The van der Waals surface area contributed by atoms with E-state index in [0.717, 1.165) is 38.0 Å². The van der Waals surface area contributed by atoms with Gasteiger partial charge in [0.1, 0.15) is 6.10 Å². The summed E-state index contributed by atoms with van der Waals surface area (Å²) in [5.74, 6) is 0.0340. The first-order valence-corrected chi connectivity index (χ1v) is 9.73. The highest BCUT2D eigenvalue weighted by atomic mass is 16.5. The molecule has 0 bridgehead atoms. The first kappa shape index (κ1) is 20.5. The summed E-state index contributed by atoms with van der Waals surface area (Å²) in [4.78, 5) is 25.0. The van der Waals surface area contributed by atoms with Crippen LogP contribution in [0.25, 0.3) is 0 Å². The normalized spacial score (nSPS) is 27.1. The predicted octanol–water partition coefficient (Wildman–Crippen LogP) is 2.61. The monoisotopic (exact) mass is 391 g/mol. The van der Waals surface area contributed by atoms with Gasteiger partial charge in [0.05, 0.1) is 27.1 Å². The number of methoxy groups -OCH3 is 2. The number of hydrogen-bond donors (Lipinski definition) is 1.